The van der Waals surface area contributed by atoms with Gasteiger partial charge in [0.1, 0.15) is 0 Å². The maximum absolute atomic E-state index is 12.9. The highest BCUT2D eigenvalue weighted by molar-refractivity contribution is 6.21. The van der Waals surface area contributed by atoms with Crippen molar-refractivity contribution in [2.75, 3.05) is 14.1 Å². The molecule has 1 saturated carbocycles. The summed E-state index contributed by atoms with van der Waals surface area (Å²) in [6, 6.07) is 13.6. The first kappa shape index (κ1) is 18.1. The molecule has 1 aromatic heterocycles. The summed E-state index contributed by atoms with van der Waals surface area (Å²) in [5.41, 5.74) is 4.42. The van der Waals surface area contributed by atoms with Gasteiger partial charge in [0, 0.05) is 23.1 Å². The van der Waals surface area contributed by atoms with E-state index in [2.05, 4.69) is 42.3 Å². The zero-order chi connectivity index (χ0) is 20.3. The predicted octanol–water partition coefficient (Wildman–Crippen LogP) is 4.33. The number of hydrogen-bond donors (Lipinski definition) is 1. The monoisotopic (exact) mass is 387 g/mol. The topological polar surface area (TPSA) is 56.4 Å². The maximum atomic E-state index is 12.9. The van der Waals surface area contributed by atoms with E-state index in [1.54, 1.807) is 24.3 Å². The lowest BCUT2D eigenvalue weighted by atomic mass is 9.75. The van der Waals surface area contributed by atoms with Gasteiger partial charge in [0.25, 0.3) is 11.8 Å². The van der Waals surface area contributed by atoms with Gasteiger partial charge in [-0.2, -0.15) is 0 Å². The number of hydrogen-bond acceptors (Lipinski definition) is 3. The lowest BCUT2D eigenvalue weighted by Crippen LogP contribution is -2.39. The van der Waals surface area contributed by atoms with Crippen LogP contribution in [-0.2, 0) is 0 Å². The van der Waals surface area contributed by atoms with Crippen LogP contribution in [0.2, 0.25) is 0 Å². The zero-order valence-corrected chi connectivity index (χ0v) is 17.0. The second-order valence-electron chi connectivity index (χ2n) is 8.54. The van der Waals surface area contributed by atoms with Gasteiger partial charge in [-0.3, -0.25) is 14.5 Å². The van der Waals surface area contributed by atoms with Crippen molar-refractivity contribution < 1.29 is 9.59 Å². The Morgan fingerprint density at radius 1 is 1.03 bits per heavy atom. The molecule has 1 aliphatic carbocycles. The Hall–Kier alpha value is -2.92. The first-order valence-corrected chi connectivity index (χ1v) is 10.2. The highest BCUT2D eigenvalue weighted by Crippen LogP contribution is 2.42. The molecule has 5 nitrogen and oxygen atoms in total. The van der Waals surface area contributed by atoms with Crippen molar-refractivity contribution in [2.24, 2.45) is 0 Å². The molecular weight excluding hydrogens is 362 g/mol. The molecule has 29 heavy (non-hydrogen) atoms. The molecular formula is C24H25N3O2. The van der Waals surface area contributed by atoms with Crippen LogP contribution in [0.25, 0.3) is 10.9 Å². The highest BCUT2D eigenvalue weighted by Gasteiger charge is 2.39. The standard InChI is InChI=1S/C24H25N3O2/c1-14(27-23(28)18-6-4-5-7-19(18)24(27)29)15-8-9-22-20(12-15)21(13-25-22)16-10-17(11-16)26(2)3/h4-9,12-14,16-17,25H,10-11H2,1-3H3. The number of aromatic amines is 1. The van der Waals surface area contributed by atoms with Gasteiger partial charge in [-0.1, -0.05) is 18.2 Å². The molecule has 0 spiro atoms. The van der Waals surface area contributed by atoms with Crippen LogP contribution in [0, 0.1) is 0 Å². The van der Waals surface area contributed by atoms with E-state index in [0.717, 1.165) is 23.9 Å². The quantitative estimate of drug-likeness (QED) is 0.678. The van der Waals surface area contributed by atoms with E-state index in [9.17, 15) is 9.59 Å². The second kappa shape index (κ2) is 6.56. The molecule has 0 radical (unpaired) electrons. The Balaban J connectivity index is 1.46. The first-order chi connectivity index (χ1) is 14.0. The number of amides is 2. The Kier molecular flexibility index (Phi) is 4.10. The number of benzene rings is 2. The smallest absolute Gasteiger partial charge is 0.262 e. The number of nitrogens with zero attached hydrogens (tertiary/aromatic N) is 2. The van der Waals surface area contributed by atoms with Gasteiger partial charge in [-0.25, -0.2) is 0 Å². The molecule has 2 amide bonds. The van der Waals surface area contributed by atoms with Crippen molar-refractivity contribution in [3.8, 4) is 0 Å². The van der Waals surface area contributed by atoms with Crippen LogP contribution in [0.4, 0.5) is 0 Å². The highest BCUT2D eigenvalue weighted by atomic mass is 16.2. The van der Waals surface area contributed by atoms with Gasteiger partial charge in [0.2, 0.25) is 0 Å². The number of imide groups is 1. The lowest BCUT2D eigenvalue weighted by molar-refractivity contribution is 0.0595. The maximum Gasteiger partial charge on any atom is 0.262 e. The molecule has 148 valence electrons. The summed E-state index contributed by atoms with van der Waals surface area (Å²) in [7, 11) is 4.27. The number of rotatable bonds is 4. The van der Waals surface area contributed by atoms with Crippen LogP contribution >= 0.6 is 0 Å². The zero-order valence-electron chi connectivity index (χ0n) is 17.0. The fraction of sp³-hybridized carbons (Fsp3) is 0.333. The predicted molar refractivity (Wildman–Crippen MR) is 113 cm³/mol. The first-order valence-electron chi connectivity index (χ1n) is 10.2. The van der Waals surface area contributed by atoms with E-state index in [1.165, 1.54) is 15.8 Å². The largest absolute Gasteiger partial charge is 0.361 e. The van der Waals surface area contributed by atoms with Crippen LogP contribution in [0.15, 0.2) is 48.7 Å². The lowest BCUT2D eigenvalue weighted by Gasteiger charge is -2.39. The molecule has 0 bridgehead atoms. The Bertz CT molecular complexity index is 1090. The fourth-order valence-electron chi connectivity index (χ4n) is 4.73. The summed E-state index contributed by atoms with van der Waals surface area (Å²) in [5.74, 6) is 0.140. The average molecular weight is 387 g/mol. The Morgan fingerprint density at radius 2 is 1.69 bits per heavy atom. The molecule has 2 aromatic carbocycles. The molecule has 0 saturated heterocycles. The molecule has 2 aliphatic rings. The van der Waals surface area contributed by atoms with Crippen molar-refractivity contribution in [1.82, 2.24) is 14.8 Å². The van der Waals surface area contributed by atoms with Crippen molar-refractivity contribution in [2.45, 2.75) is 37.8 Å². The van der Waals surface area contributed by atoms with E-state index in [-0.39, 0.29) is 17.9 Å². The summed E-state index contributed by atoms with van der Waals surface area (Å²) in [4.78, 5) is 32.8. The van der Waals surface area contributed by atoms with E-state index in [0.29, 0.717) is 23.1 Å². The SMILES string of the molecule is CC(c1ccc2[nH]cc(C3CC(N(C)C)C3)c2c1)N1C(=O)c2ccccc2C1=O. The minimum Gasteiger partial charge on any atom is -0.361 e. The minimum absolute atomic E-state index is 0.208. The third-order valence-electron chi connectivity index (χ3n) is 6.72. The molecule has 1 atom stereocenters. The van der Waals surface area contributed by atoms with Gasteiger partial charge >= 0.3 is 0 Å². The average Bonchev–Trinajstić information content (AvgIpc) is 3.19. The van der Waals surface area contributed by atoms with Crippen LogP contribution < -0.4 is 0 Å². The van der Waals surface area contributed by atoms with Crippen molar-refractivity contribution >= 4 is 22.7 Å². The number of nitrogens with one attached hydrogen (secondary N) is 1. The van der Waals surface area contributed by atoms with Gasteiger partial charge in [0.05, 0.1) is 17.2 Å². The molecule has 1 aliphatic heterocycles. The molecule has 5 rings (SSSR count). The number of H-pyrrole nitrogens is 1. The van der Waals surface area contributed by atoms with Crippen molar-refractivity contribution in [3.05, 3.63) is 70.9 Å². The minimum atomic E-state index is -0.314. The normalized spacial score (nSPS) is 22.3. The Labute approximate surface area is 170 Å². The van der Waals surface area contributed by atoms with Crippen molar-refractivity contribution in [3.63, 3.8) is 0 Å². The summed E-state index contributed by atoms with van der Waals surface area (Å²) in [5, 5.41) is 1.20. The van der Waals surface area contributed by atoms with Crippen molar-refractivity contribution in [1.29, 1.82) is 0 Å². The van der Waals surface area contributed by atoms with Crippen LogP contribution in [0.1, 0.15) is 63.6 Å². The molecule has 3 aromatic rings. The number of carbonyl (C=O) groups excluding carboxylic acids is 2. The number of fused-ring (bicyclic) bond motifs is 2. The summed E-state index contributed by atoms with van der Waals surface area (Å²) in [6.07, 6.45) is 4.45. The molecule has 1 unspecified atom stereocenters. The molecule has 2 heterocycles. The Morgan fingerprint density at radius 3 is 2.31 bits per heavy atom. The van der Waals surface area contributed by atoms with Gasteiger partial charge in [-0.15, -0.1) is 0 Å². The third-order valence-corrected chi connectivity index (χ3v) is 6.72. The molecule has 1 fully saturated rings. The fourth-order valence-corrected chi connectivity index (χ4v) is 4.73. The summed E-state index contributed by atoms with van der Waals surface area (Å²) in [6.45, 7) is 1.93. The van der Waals surface area contributed by atoms with E-state index in [4.69, 9.17) is 0 Å². The van der Waals surface area contributed by atoms with Gasteiger partial charge in [-0.05, 0) is 75.2 Å². The molecule has 5 heteroatoms. The summed E-state index contributed by atoms with van der Waals surface area (Å²) < 4.78 is 0. The number of aromatic nitrogens is 1. The van der Waals surface area contributed by atoms with Gasteiger partial charge in [0.15, 0.2) is 0 Å². The molecule has 1 N–H and O–H groups in total. The van der Waals surface area contributed by atoms with E-state index < -0.39 is 0 Å². The third kappa shape index (κ3) is 2.72. The van der Waals surface area contributed by atoms with Crippen LogP contribution in [0.3, 0.4) is 0 Å². The van der Waals surface area contributed by atoms with Crippen LogP contribution in [0.5, 0.6) is 0 Å². The van der Waals surface area contributed by atoms with Gasteiger partial charge < -0.3 is 9.88 Å². The van der Waals surface area contributed by atoms with E-state index in [1.807, 2.05) is 13.0 Å². The van der Waals surface area contributed by atoms with E-state index >= 15 is 0 Å². The number of carbonyl (C=O) groups is 2. The van der Waals surface area contributed by atoms with Crippen LogP contribution in [-0.4, -0.2) is 46.7 Å². The second-order valence-corrected chi connectivity index (χ2v) is 8.54. The summed E-state index contributed by atoms with van der Waals surface area (Å²) >= 11 is 0.